The van der Waals surface area contributed by atoms with Crippen LogP contribution in [0.1, 0.15) is 46.1 Å². The molecule has 1 amide bonds. The van der Waals surface area contributed by atoms with Crippen molar-refractivity contribution in [2.24, 2.45) is 11.8 Å². The zero-order valence-electron chi connectivity index (χ0n) is 14.3. The molecule has 1 aliphatic rings. The number of ether oxygens (including phenoxy) is 1. The van der Waals surface area contributed by atoms with Crippen molar-refractivity contribution in [3.8, 4) is 0 Å². The van der Waals surface area contributed by atoms with Crippen LogP contribution in [0.15, 0.2) is 30.3 Å². The predicted molar refractivity (Wildman–Crippen MR) is 89.8 cm³/mol. The molecule has 2 rings (SSSR count). The van der Waals surface area contributed by atoms with Crippen LogP contribution in [0.3, 0.4) is 0 Å². The number of hydrogen-bond donors (Lipinski definition) is 0. The minimum Gasteiger partial charge on any atom is -0.444 e. The van der Waals surface area contributed by atoms with Gasteiger partial charge in [-0.05, 0) is 51.0 Å². The lowest BCUT2D eigenvalue weighted by Gasteiger charge is -2.24. The molecule has 122 valence electrons. The third-order valence-corrected chi connectivity index (χ3v) is 4.23. The average Bonchev–Trinajstić information content (AvgIpc) is 2.82. The Hall–Kier alpha value is -1.51. The molecule has 1 fully saturated rings. The third-order valence-electron chi connectivity index (χ3n) is 4.23. The van der Waals surface area contributed by atoms with Crippen LogP contribution in [0.25, 0.3) is 0 Å². The van der Waals surface area contributed by atoms with Crippen LogP contribution >= 0.6 is 0 Å². The number of hydrogen-bond acceptors (Lipinski definition) is 2. The summed E-state index contributed by atoms with van der Waals surface area (Å²) in [6.45, 7) is 9.63. The van der Waals surface area contributed by atoms with E-state index in [0.29, 0.717) is 11.8 Å². The predicted octanol–water partition coefficient (Wildman–Crippen LogP) is 4.51. The summed E-state index contributed by atoms with van der Waals surface area (Å²) < 4.78 is 5.53. The smallest absolute Gasteiger partial charge is 0.410 e. The zero-order valence-corrected chi connectivity index (χ0v) is 14.3. The summed E-state index contributed by atoms with van der Waals surface area (Å²) in [5, 5.41) is 0. The lowest BCUT2D eigenvalue weighted by atomic mass is 9.87. The molecule has 1 aromatic rings. The first-order valence-electron chi connectivity index (χ1n) is 8.41. The summed E-state index contributed by atoms with van der Waals surface area (Å²) in [4.78, 5) is 14.2. The second-order valence-electron chi connectivity index (χ2n) is 7.38. The number of likely N-dealkylation sites (tertiary alicyclic amines) is 1. The summed E-state index contributed by atoms with van der Waals surface area (Å²) in [6.07, 6.45) is 3.23. The highest BCUT2D eigenvalue weighted by Gasteiger charge is 2.36. The third kappa shape index (κ3) is 4.75. The zero-order chi connectivity index (χ0) is 16.2. The van der Waals surface area contributed by atoms with Gasteiger partial charge in [-0.1, -0.05) is 43.7 Å². The summed E-state index contributed by atoms with van der Waals surface area (Å²) in [5.41, 5.74) is 0.939. The molecule has 22 heavy (non-hydrogen) atoms. The van der Waals surface area contributed by atoms with Crippen LogP contribution in [-0.4, -0.2) is 29.7 Å². The monoisotopic (exact) mass is 303 g/mol. The van der Waals surface area contributed by atoms with E-state index in [0.717, 1.165) is 25.9 Å². The number of nitrogens with zero attached hydrogens (tertiary/aromatic N) is 1. The number of rotatable bonds is 4. The van der Waals surface area contributed by atoms with Gasteiger partial charge < -0.3 is 9.64 Å². The Morgan fingerprint density at radius 2 is 1.82 bits per heavy atom. The van der Waals surface area contributed by atoms with Crippen LogP contribution in [0.4, 0.5) is 4.79 Å². The van der Waals surface area contributed by atoms with E-state index in [2.05, 4.69) is 37.3 Å². The Morgan fingerprint density at radius 3 is 2.41 bits per heavy atom. The van der Waals surface area contributed by atoms with Crippen LogP contribution in [-0.2, 0) is 11.2 Å². The fourth-order valence-corrected chi connectivity index (χ4v) is 3.26. The minimum absolute atomic E-state index is 0.163. The Labute approximate surface area is 134 Å². The van der Waals surface area contributed by atoms with Crippen LogP contribution in [0.2, 0.25) is 0 Å². The summed E-state index contributed by atoms with van der Waals surface area (Å²) in [6, 6.07) is 10.6. The molecule has 1 aromatic carbocycles. The number of carbonyl (C=O) groups excluding carboxylic acids is 1. The molecule has 1 heterocycles. The van der Waals surface area contributed by atoms with Gasteiger partial charge in [0.15, 0.2) is 0 Å². The molecule has 3 nitrogen and oxygen atoms in total. The molecule has 0 spiro atoms. The van der Waals surface area contributed by atoms with Crippen molar-refractivity contribution >= 4 is 6.09 Å². The normalized spacial score (nSPS) is 21.9. The van der Waals surface area contributed by atoms with E-state index >= 15 is 0 Å². The topological polar surface area (TPSA) is 29.5 Å². The van der Waals surface area contributed by atoms with Gasteiger partial charge in [0, 0.05) is 13.1 Å². The van der Waals surface area contributed by atoms with E-state index in [1.807, 2.05) is 25.7 Å². The minimum atomic E-state index is -0.422. The SMILES string of the molecule is CCCC1CN(C(=O)OC(C)(C)C)CC1Cc1ccccc1. The molecule has 3 heteroatoms. The first kappa shape index (κ1) is 16.9. The number of benzene rings is 1. The van der Waals surface area contributed by atoms with E-state index in [1.165, 1.54) is 12.0 Å². The van der Waals surface area contributed by atoms with E-state index < -0.39 is 5.60 Å². The van der Waals surface area contributed by atoms with Gasteiger partial charge in [-0.2, -0.15) is 0 Å². The first-order chi connectivity index (χ1) is 10.4. The molecule has 0 bridgehead atoms. The van der Waals surface area contributed by atoms with Gasteiger partial charge in [-0.15, -0.1) is 0 Å². The van der Waals surface area contributed by atoms with Crippen molar-refractivity contribution < 1.29 is 9.53 Å². The summed E-state index contributed by atoms with van der Waals surface area (Å²) in [5.74, 6) is 1.12. The molecule has 2 atom stereocenters. The van der Waals surface area contributed by atoms with Crippen LogP contribution < -0.4 is 0 Å². The first-order valence-corrected chi connectivity index (χ1v) is 8.41. The van der Waals surface area contributed by atoms with Gasteiger partial charge in [0.25, 0.3) is 0 Å². The largest absolute Gasteiger partial charge is 0.444 e. The Balaban J connectivity index is 2.01. The van der Waals surface area contributed by atoms with Gasteiger partial charge in [0.1, 0.15) is 5.60 Å². The fraction of sp³-hybridized carbons (Fsp3) is 0.632. The van der Waals surface area contributed by atoms with Crippen molar-refractivity contribution in [2.45, 2.75) is 52.6 Å². The van der Waals surface area contributed by atoms with Crippen LogP contribution in [0, 0.1) is 11.8 Å². The van der Waals surface area contributed by atoms with Gasteiger partial charge in [0.05, 0.1) is 0 Å². The van der Waals surface area contributed by atoms with E-state index in [4.69, 9.17) is 4.74 Å². The Bertz CT molecular complexity index is 478. The maximum Gasteiger partial charge on any atom is 0.410 e. The van der Waals surface area contributed by atoms with Crippen molar-refractivity contribution in [1.82, 2.24) is 4.90 Å². The number of amides is 1. The van der Waals surface area contributed by atoms with E-state index in [1.54, 1.807) is 0 Å². The van der Waals surface area contributed by atoms with Gasteiger partial charge >= 0.3 is 6.09 Å². The molecule has 0 aliphatic carbocycles. The quantitative estimate of drug-likeness (QED) is 0.819. The number of carbonyl (C=O) groups is 1. The maximum absolute atomic E-state index is 12.3. The Kier molecular flexibility index (Phi) is 5.49. The van der Waals surface area contributed by atoms with Gasteiger partial charge in [0.2, 0.25) is 0 Å². The second-order valence-corrected chi connectivity index (χ2v) is 7.38. The van der Waals surface area contributed by atoms with Gasteiger partial charge in [-0.3, -0.25) is 0 Å². The maximum atomic E-state index is 12.3. The highest BCUT2D eigenvalue weighted by atomic mass is 16.6. The van der Waals surface area contributed by atoms with Crippen molar-refractivity contribution in [3.05, 3.63) is 35.9 Å². The molecule has 1 aliphatic heterocycles. The van der Waals surface area contributed by atoms with E-state index in [-0.39, 0.29) is 6.09 Å². The summed E-state index contributed by atoms with van der Waals surface area (Å²) >= 11 is 0. The molecule has 0 saturated carbocycles. The van der Waals surface area contributed by atoms with Crippen LogP contribution in [0.5, 0.6) is 0 Å². The Morgan fingerprint density at radius 1 is 1.18 bits per heavy atom. The van der Waals surface area contributed by atoms with Crippen molar-refractivity contribution in [3.63, 3.8) is 0 Å². The molecule has 0 N–H and O–H groups in total. The molecular weight excluding hydrogens is 274 g/mol. The van der Waals surface area contributed by atoms with E-state index in [9.17, 15) is 4.79 Å². The molecule has 2 unspecified atom stereocenters. The van der Waals surface area contributed by atoms with Crippen molar-refractivity contribution in [2.75, 3.05) is 13.1 Å². The second kappa shape index (κ2) is 7.17. The summed E-state index contributed by atoms with van der Waals surface area (Å²) in [7, 11) is 0. The standard InChI is InChI=1S/C19H29NO2/c1-5-9-16-13-20(18(21)22-19(2,3)4)14-17(16)12-15-10-7-6-8-11-15/h6-8,10-11,16-17H,5,9,12-14H2,1-4H3. The molecule has 0 aromatic heterocycles. The van der Waals surface area contributed by atoms with Crippen molar-refractivity contribution in [1.29, 1.82) is 0 Å². The molecule has 1 saturated heterocycles. The fourth-order valence-electron chi connectivity index (χ4n) is 3.26. The highest BCUT2D eigenvalue weighted by Crippen LogP contribution is 2.31. The van der Waals surface area contributed by atoms with Gasteiger partial charge in [-0.25, -0.2) is 4.79 Å². The molecular formula is C19H29NO2. The lowest BCUT2D eigenvalue weighted by Crippen LogP contribution is -2.35. The average molecular weight is 303 g/mol. The highest BCUT2D eigenvalue weighted by molar-refractivity contribution is 5.68. The molecule has 0 radical (unpaired) electrons. The lowest BCUT2D eigenvalue weighted by molar-refractivity contribution is 0.0283.